The van der Waals surface area contributed by atoms with Crippen LogP contribution in [-0.4, -0.2) is 24.7 Å². The topological polar surface area (TPSA) is 64.6 Å². The standard InChI is InChI=1S/C21H17NO4S2/c1-27-15-6-4-5-14(10-15)22-19(23)12-26-21(24)18-9-13-11-25-17-8-3-2-7-16(17)20(13)28-18/h2-10H,11-12H2,1H3,(H,22,23). The van der Waals surface area contributed by atoms with E-state index >= 15 is 0 Å². The molecule has 1 aliphatic rings. The second kappa shape index (κ2) is 8.08. The molecule has 2 aromatic carbocycles. The van der Waals surface area contributed by atoms with E-state index in [1.807, 2.05) is 48.7 Å². The van der Waals surface area contributed by atoms with Crippen molar-refractivity contribution < 1.29 is 19.1 Å². The highest BCUT2D eigenvalue weighted by Crippen LogP contribution is 2.42. The van der Waals surface area contributed by atoms with Crippen molar-refractivity contribution in [2.24, 2.45) is 0 Å². The fourth-order valence-electron chi connectivity index (χ4n) is 2.90. The Labute approximate surface area is 170 Å². The normalized spacial score (nSPS) is 11.8. The van der Waals surface area contributed by atoms with Crippen LogP contribution in [0, 0.1) is 0 Å². The number of nitrogens with one attached hydrogen (secondary N) is 1. The van der Waals surface area contributed by atoms with Crippen molar-refractivity contribution in [2.45, 2.75) is 11.5 Å². The van der Waals surface area contributed by atoms with E-state index in [-0.39, 0.29) is 12.5 Å². The average molecular weight is 412 g/mol. The Hall–Kier alpha value is -2.77. The Kier molecular flexibility index (Phi) is 5.36. The fourth-order valence-corrected chi connectivity index (χ4v) is 4.45. The number of rotatable bonds is 5. The molecule has 0 saturated carbocycles. The Morgan fingerprint density at radius 1 is 1.18 bits per heavy atom. The van der Waals surface area contributed by atoms with E-state index in [0.29, 0.717) is 17.2 Å². The smallest absolute Gasteiger partial charge is 0.348 e. The van der Waals surface area contributed by atoms with E-state index in [4.69, 9.17) is 9.47 Å². The van der Waals surface area contributed by atoms with E-state index in [1.54, 1.807) is 23.9 Å². The molecule has 0 spiro atoms. The molecule has 142 valence electrons. The number of carbonyl (C=O) groups excluding carboxylic acids is 2. The van der Waals surface area contributed by atoms with Crippen molar-refractivity contribution in [3.8, 4) is 16.2 Å². The highest BCUT2D eigenvalue weighted by atomic mass is 32.2. The number of anilines is 1. The molecule has 3 aromatic rings. The van der Waals surface area contributed by atoms with Gasteiger partial charge in [0, 0.05) is 26.6 Å². The molecule has 1 amide bonds. The molecule has 7 heteroatoms. The quantitative estimate of drug-likeness (QED) is 0.481. The van der Waals surface area contributed by atoms with Crippen molar-refractivity contribution in [2.75, 3.05) is 18.2 Å². The third-order valence-corrected chi connectivity index (χ3v) is 6.13. The van der Waals surface area contributed by atoms with Gasteiger partial charge in [0.15, 0.2) is 6.61 Å². The van der Waals surface area contributed by atoms with Gasteiger partial charge in [-0.2, -0.15) is 0 Å². The number of carbonyl (C=O) groups is 2. The molecule has 1 aromatic heterocycles. The van der Waals surface area contributed by atoms with Crippen LogP contribution in [0.2, 0.25) is 0 Å². The van der Waals surface area contributed by atoms with Crippen molar-refractivity contribution in [3.05, 3.63) is 65.0 Å². The molecule has 0 aliphatic carbocycles. The summed E-state index contributed by atoms with van der Waals surface area (Å²) in [5.74, 6) is -0.0740. The monoisotopic (exact) mass is 411 g/mol. The number of amides is 1. The van der Waals surface area contributed by atoms with E-state index in [1.165, 1.54) is 11.3 Å². The van der Waals surface area contributed by atoms with Crippen molar-refractivity contribution >= 4 is 40.7 Å². The van der Waals surface area contributed by atoms with Gasteiger partial charge < -0.3 is 14.8 Å². The van der Waals surface area contributed by atoms with Gasteiger partial charge in [-0.05, 0) is 42.7 Å². The molecule has 5 nitrogen and oxygen atoms in total. The van der Waals surface area contributed by atoms with Gasteiger partial charge in [-0.25, -0.2) is 4.79 Å². The molecule has 4 rings (SSSR count). The highest BCUT2D eigenvalue weighted by molar-refractivity contribution is 7.98. The van der Waals surface area contributed by atoms with E-state index in [2.05, 4.69) is 5.32 Å². The molecular formula is C21H17NO4S2. The number of para-hydroxylation sites is 1. The minimum Gasteiger partial charge on any atom is -0.488 e. The molecule has 0 unspecified atom stereocenters. The summed E-state index contributed by atoms with van der Waals surface area (Å²) in [4.78, 5) is 27.0. The van der Waals surface area contributed by atoms with Crippen LogP contribution in [0.4, 0.5) is 5.69 Å². The van der Waals surface area contributed by atoms with Gasteiger partial charge in [-0.1, -0.05) is 18.2 Å². The molecule has 0 fully saturated rings. The number of hydrogen-bond acceptors (Lipinski definition) is 6. The first-order valence-electron chi connectivity index (χ1n) is 8.60. The third-order valence-electron chi connectivity index (χ3n) is 4.21. The van der Waals surface area contributed by atoms with Crippen LogP contribution in [0.3, 0.4) is 0 Å². The Balaban J connectivity index is 1.40. The predicted octanol–water partition coefficient (Wildman–Crippen LogP) is 4.82. The van der Waals surface area contributed by atoms with E-state index in [0.717, 1.165) is 26.6 Å². The minimum atomic E-state index is -0.509. The molecule has 0 radical (unpaired) electrons. The Morgan fingerprint density at radius 3 is 2.89 bits per heavy atom. The van der Waals surface area contributed by atoms with Crippen LogP contribution in [0.1, 0.15) is 15.2 Å². The Morgan fingerprint density at radius 2 is 2.04 bits per heavy atom. The summed E-state index contributed by atoms with van der Waals surface area (Å²) in [6, 6.07) is 17.0. The number of hydrogen-bond donors (Lipinski definition) is 1. The maximum atomic E-state index is 12.4. The van der Waals surface area contributed by atoms with Gasteiger partial charge in [0.05, 0.1) is 0 Å². The summed E-state index contributed by atoms with van der Waals surface area (Å²) in [5, 5.41) is 2.74. The van der Waals surface area contributed by atoms with Gasteiger partial charge in [0.2, 0.25) is 0 Å². The molecule has 1 N–H and O–H groups in total. The van der Waals surface area contributed by atoms with Crippen LogP contribution >= 0.6 is 23.1 Å². The van der Waals surface area contributed by atoms with Gasteiger partial charge in [-0.3, -0.25) is 4.79 Å². The van der Waals surface area contributed by atoms with Gasteiger partial charge in [0.25, 0.3) is 5.91 Å². The lowest BCUT2D eigenvalue weighted by molar-refractivity contribution is -0.119. The van der Waals surface area contributed by atoms with Crippen molar-refractivity contribution in [3.63, 3.8) is 0 Å². The van der Waals surface area contributed by atoms with Crippen LogP contribution < -0.4 is 10.1 Å². The van der Waals surface area contributed by atoms with Crippen molar-refractivity contribution in [1.29, 1.82) is 0 Å². The number of thioether (sulfide) groups is 1. The number of benzene rings is 2. The first kappa shape index (κ1) is 18.6. The highest BCUT2D eigenvalue weighted by Gasteiger charge is 2.23. The Bertz CT molecular complexity index is 1040. The second-order valence-electron chi connectivity index (χ2n) is 6.11. The molecule has 0 saturated heterocycles. The summed E-state index contributed by atoms with van der Waals surface area (Å²) in [5.41, 5.74) is 2.60. The van der Waals surface area contributed by atoms with Crippen molar-refractivity contribution in [1.82, 2.24) is 0 Å². The predicted molar refractivity (Wildman–Crippen MR) is 111 cm³/mol. The molecule has 1 aliphatic heterocycles. The van der Waals surface area contributed by atoms with Crippen LogP contribution in [0.5, 0.6) is 5.75 Å². The average Bonchev–Trinajstić information content (AvgIpc) is 3.17. The van der Waals surface area contributed by atoms with Crippen LogP contribution in [0.15, 0.2) is 59.5 Å². The zero-order valence-electron chi connectivity index (χ0n) is 15.1. The lowest BCUT2D eigenvalue weighted by Crippen LogP contribution is -2.20. The van der Waals surface area contributed by atoms with E-state index in [9.17, 15) is 9.59 Å². The number of esters is 1. The third kappa shape index (κ3) is 3.90. The lowest BCUT2D eigenvalue weighted by Gasteiger charge is -2.16. The van der Waals surface area contributed by atoms with Gasteiger partial charge >= 0.3 is 5.97 Å². The summed E-state index contributed by atoms with van der Waals surface area (Å²) in [6.07, 6.45) is 1.97. The zero-order valence-corrected chi connectivity index (χ0v) is 16.7. The number of thiophene rings is 1. The van der Waals surface area contributed by atoms with Gasteiger partial charge in [0.1, 0.15) is 17.2 Å². The first-order valence-corrected chi connectivity index (χ1v) is 10.6. The van der Waals surface area contributed by atoms with Crippen LogP contribution in [0.25, 0.3) is 10.4 Å². The molecule has 0 bridgehead atoms. The first-order chi connectivity index (χ1) is 13.6. The summed E-state index contributed by atoms with van der Waals surface area (Å²) < 4.78 is 10.9. The lowest BCUT2D eigenvalue weighted by atomic mass is 10.1. The number of fused-ring (bicyclic) bond motifs is 3. The molecule has 28 heavy (non-hydrogen) atoms. The fraction of sp³-hybridized carbons (Fsp3) is 0.143. The number of ether oxygens (including phenoxy) is 2. The largest absolute Gasteiger partial charge is 0.488 e. The van der Waals surface area contributed by atoms with E-state index < -0.39 is 5.97 Å². The second-order valence-corrected chi connectivity index (χ2v) is 8.04. The molecule has 2 heterocycles. The van der Waals surface area contributed by atoms with Crippen LogP contribution in [-0.2, 0) is 16.1 Å². The molecule has 0 atom stereocenters. The van der Waals surface area contributed by atoms with Gasteiger partial charge in [-0.15, -0.1) is 23.1 Å². The summed E-state index contributed by atoms with van der Waals surface area (Å²) >= 11 is 2.95. The maximum absolute atomic E-state index is 12.4. The summed E-state index contributed by atoms with van der Waals surface area (Å²) in [6.45, 7) is 0.0837. The SMILES string of the molecule is CSc1cccc(NC(=O)COC(=O)c2cc3c(s2)-c2ccccc2OC3)c1. The maximum Gasteiger partial charge on any atom is 0.348 e. The minimum absolute atomic E-state index is 0.335. The summed E-state index contributed by atoms with van der Waals surface area (Å²) in [7, 11) is 0. The molecular weight excluding hydrogens is 394 g/mol. The zero-order chi connectivity index (χ0) is 19.5.